The van der Waals surface area contributed by atoms with Crippen LogP contribution in [0.15, 0.2) is 24.3 Å². The van der Waals surface area contributed by atoms with E-state index in [0.717, 1.165) is 12.1 Å². The zero-order valence-electron chi connectivity index (χ0n) is 9.76. The van der Waals surface area contributed by atoms with E-state index in [1.807, 2.05) is 0 Å². The molecule has 7 heteroatoms. The van der Waals surface area contributed by atoms with Crippen molar-refractivity contribution >= 4 is 0 Å². The molecule has 2 nitrogen and oxygen atoms in total. The molecular formula is C13H7F5O2. The third-order valence-corrected chi connectivity index (χ3v) is 2.46. The summed E-state index contributed by atoms with van der Waals surface area (Å²) in [5.41, 5.74) is -0.103. The molecule has 20 heavy (non-hydrogen) atoms. The molecule has 0 heterocycles. The van der Waals surface area contributed by atoms with E-state index in [0.29, 0.717) is 12.1 Å². The van der Waals surface area contributed by atoms with Gasteiger partial charge in [0.1, 0.15) is 6.61 Å². The van der Waals surface area contributed by atoms with Gasteiger partial charge in [-0.15, -0.1) is 0 Å². The molecule has 0 aromatic heterocycles. The van der Waals surface area contributed by atoms with Crippen LogP contribution in [0, 0.1) is 29.1 Å². The first kappa shape index (κ1) is 14.1. The highest BCUT2D eigenvalue weighted by atomic mass is 19.2. The van der Waals surface area contributed by atoms with Crippen LogP contribution in [-0.4, -0.2) is 5.11 Å². The number of hydrogen-bond donors (Lipinski definition) is 1. The van der Waals surface area contributed by atoms with E-state index in [1.54, 1.807) is 0 Å². The predicted molar refractivity (Wildman–Crippen MR) is 58.7 cm³/mol. The van der Waals surface area contributed by atoms with E-state index in [1.165, 1.54) is 0 Å². The number of ether oxygens (including phenoxy) is 1. The second-order valence-corrected chi connectivity index (χ2v) is 3.87. The highest BCUT2D eigenvalue weighted by Gasteiger charge is 2.15. The standard InChI is InChI=1S/C13H7F5O2/c14-7-3-6(4-8(15)11(7)16)5-20-10-2-1-9(19)12(17)13(10)18/h1-4,19H,5H2. The highest BCUT2D eigenvalue weighted by molar-refractivity contribution is 5.34. The first-order valence-corrected chi connectivity index (χ1v) is 5.33. The van der Waals surface area contributed by atoms with E-state index in [9.17, 15) is 22.0 Å². The van der Waals surface area contributed by atoms with Crippen LogP contribution in [0.5, 0.6) is 11.5 Å². The summed E-state index contributed by atoms with van der Waals surface area (Å²) in [7, 11) is 0. The van der Waals surface area contributed by atoms with Gasteiger partial charge in [0.15, 0.2) is 29.0 Å². The Bertz CT molecular complexity index is 634. The first-order valence-electron chi connectivity index (χ1n) is 5.33. The quantitative estimate of drug-likeness (QED) is 0.690. The van der Waals surface area contributed by atoms with Gasteiger partial charge in [0.25, 0.3) is 0 Å². The van der Waals surface area contributed by atoms with Crippen LogP contribution < -0.4 is 4.74 Å². The van der Waals surface area contributed by atoms with E-state index >= 15 is 0 Å². The number of aromatic hydroxyl groups is 1. The van der Waals surface area contributed by atoms with Gasteiger partial charge < -0.3 is 9.84 Å². The minimum absolute atomic E-state index is 0.103. The lowest BCUT2D eigenvalue weighted by atomic mass is 10.2. The Hall–Kier alpha value is -2.31. The Balaban J connectivity index is 2.19. The summed E-state index contributed by atoms with van der Waals surface area (Å²) in [4.78, 5) is 0. The normalized spacial score (nSPS) is 10.7. The van der Waals surface area contributed by atoms with E-state index in [4.69, 9.17) is 9.84 Å². The molecule has 0 aliphatic rings. The zero-order chi connectivity index (χ0) is 14.9. The molecule has 1 N–H and O–H groups in total. The predicted octanol–water partition coefficient (Wildman–Crippen LogP) is 3.67. The Morgan fingerprint density at radius 2 is 1.45 bits per heavy atom. The van der Waals surface area contributed by atoms with Crippen LogP contribution in [0.3, 0.4) is 0 Å². The molecule has 2 aromatic carbocycles. The summed E-state index contributed by atoms with van der Waals surface area (Å²) >= 11 is 0. The summed E-state index contributed by atoms with van der Waals surface area (Å²) in [5.74, 6) is -8.84. The Labute approximate surface area is 110 Å². The maximum absolute atomic E-state index is 13.3. The smallest absolute Gasteiger partial charge is 0.204 e. The molecule has 0 atom stereocenters. The number of rotatable bonds is 3. The summed E-state index contributed by atoms with van der Waals surface area (Å²) in [6, 6.07) is 3.16. The summed E-state index contributed by atoms with van der Waals surface area (Å²) in [6.45, 7) is -0.505. The van der Waals surface area contributed by atoms with Gasteiger partial charge >= 0.3 is 0 Å². The molecule has 0 saturated carbocycles. The minimum Gasteiger partial charge on any atom is -0.505 e. The number of hydrogen-bond acceptors (Lipinski definition) is 2. The molecule has 0 fully saturated rings. The van der Waals surface area contributed by atoms with E-state index in [-0.39, 0.29) is 5.56 Å². The number of halogens is 5. The summed E-state index contributed by atoms with van der Waals surface area (Å²) < 4.78 is 69.7. The molecule has 0 radical (unpaired) electrons. The molecule has 0 bridgehead atoms. The van der Waals surface area contributed by atoms with Crippen LogP contribution in [0.2, 0.25) is 0 Å². The van der Waals surface area contributed by atoms with Gasteiger partial charge in [0.2, 0.25) is 11.6 Å². The molecular weight excluding hydrogens is 283 g/mol. The van der Waals surface area contributed by atoms with Crippen molar-refractivity contribution in [2.24, 2.45) is 0 Å². The van der Waals surface area contributed by atoms with Gasteiger partial charge in [0, 0.05) is 0 Å². The molecule has 2 rings (SSSR count). The Kier molecular flexibility index (Phi) is 3.78. The minimum atomic E-state index is -1.63. The number of phenols is 1. The maximum atomic E-state index is 13.3. The van der Waals surface area contributed by atoms with Crippen molar-refractivity contribution in [1.82, 2.24) is 0 Å². The lowest BCUT2D eigenvalue weighted by molar-refractivity contribution is 0.279. The lowest BCUT2D eigenvalue weighted by Gasteiger charge is -2.09. The average Bonchev–Trinajstić information content (AvgIpc) is 2.41. The number of benzene rings is 2. The summed E-state index contributed by atoms with van der Waals surface area (Å²) in [6.07, 6.45) is 0. The fourth-order valence-corrected chi connectivity index (χ4v) is 1.49. The van der Waals surface area contributed by atoms with Crippen LogP contribution in [0.25, 0.3) is 0 Å². The second kappa shape index (κ2) is 5.36. The Morgan fingerprint density at radius 3 is 2.05 bits per heavy atom. The first-order chi connectivity index (χ1) is 9.40. The Morgan fingerprint density at radius 1 is 0.850 bits per heavy atom. The van der Waals surface area contributed by atoms with Gasteiger partial charge in [-0.2, -0.15) is 8.78 Å². The van der Waals surface area contributed by atoms with Crippen molar-refractivity contribution in [2.45, 2.75) is 6.61 Å². The summed E-state index contributed by atoms with van der Waals surface area (Å²) in [5, 5.41) is 8.90. The highest BCUT2D eigenvalue weighted by Crippen LogP contribution is 2.27. The second-order valence-electron chi connectivity index (χ2n) is 3.87. The largest absolute Gasteiger partial charge is 0.505 e. The molecule has 0 unspecified atom stereocenters. The van der Waals surface area contributed by atoms with Gasteiger partial charge in [-0.1, -0.05) is 0 Å². The van der Waals surface area contributed by atoms with Crippen molar-refractivity contribution in [1.29, 1.82) is 0 Å². The zero-order valence-corrected chi connectivity index (χ0v) is 9.76. The van der Waals surface area contributed by atoms with Crippen LogP contribution in [-0.2, 0) is 6.61 Å². The van der Waals surface area contributed by atoms with Gasteiger partial charge in [-0.3, -0.25) is 0 Å². The molecule has 106 valence electrons. The lowest BCUT2D eigenvalue weighted by Crippen LogP contribution is -2.02. The third-order valence-electron chi connectivity index (χ3n) is 2.46. The fourth-order valence-electron chi connectivity index (χ4n) is 1.49. The van der Waals surface area contributed by atoms with Crippen molar-refractivity contribution < 1.29 is 31.8 Å². The fraction of sp³-hybridized carbons (Fsp3) is 0.0769. The van der Waals surface area contributed by atoms with Gasteiger partial charge in [-0.05, 0) is 29.8 Å². The van der Waals surface area contributed by atoms with Crippen LogP contribution in [0.1, 0.15) is 5.56 Å². The van der Waals surface area contributed by atoms with E-state index < -0.39 is 47.2 Å². The third kappa shape index (κ3) is 2.66. The van der Waals surface area contributed by atoms with Crippen molar-refractivity contribution in [2.75, 3.05) is 0 Å². The topological polar surface area (TPSA) is 29.5 Å². The molecule has 2 aromatic rings. The molecule has 0 amide bonds. The number of phenolic OH excluding ortho intramolecular Hbond substituents is 1. The average molecular weight is 290 g/mol. The van der Waals surface area contributed by atoms with Crippen molar-refractivity contribution in [3.8, 4) is 11.5 Å². The van der Waals surface area contributed by atoms with Crippen LogP contribution in [0.4, 0.5) is 22.0 Å². The SMILES string of the molecule is Oc1ccc(OCc2cc(F)c(F)c(F)c2)c(F)c1F. The van der Waals surface area contributed by atoms with Gasteiger partial charge in [0.05, 0.1) is 0 Å². The molecule has 0 saturated heterocycles. The van der Waals surface area contributed by atoms with Gasteiger partial charge in [-0.25, -0.2) is 13.2 Å². The molecule has 0 aliphatic carbocycles. The maximum Gasteiger partial charge on any atom is 0.204 e. The monoisotopic (exact) mass is 290 g/mol. The molecule has 0 spiro atoms. The van der Waals surface area contributed by atoms with Crippen molar-refractivity contribution in [3.05, 3.63) is 58.9 Å². The molecule has 0 aliphatic heterocycles. The van der Waals surface area contributed by atoms with Crippen LogP contribution >= 0.6 is 0 Å². The van der Waals surface area contributed by atoms with Crippen molar-refractivity contribution in [3.63, 3.8) is 0 Å². The van der Waals surface area contributed by atoms with E-state index in [2.05, 4.69) is 0 Å².